The van der Waals surface area contributed by atoms with Crippen LogP contribution in [0.2, 0.25) is 0 Å². The Morgan fingerprint density at radius 3 is 2.65 bits per heavy atom. The van der Waals surface area contributed by atoms with Crippen molar-refractivity contribution in [2.75, 3.05) is 0 Å². The third-order valence-electron chi connectivity index (χ3n) is 4.71. The Morgan fingerprint density at radius 2 is 1.90 bits per heavy atom. The maximum absolute atomic E-state index is 12.7. The minimum atomic E-state index is -0.549. The van der Waals surface area contributed by atoms with Gasteiger partial charge in [0.25, 0.3) is 5.69 Å². The average Bonchev–Trinajstić information content (AvgIpc) is 3.06. The minimum absolute atomic E-state index is 0.0351. The zero-order valence-corrected chi connectivity index (χ0v) is 17.7. The molecule has 1 aliphatic rings. The number of ether oxygens (including phenoxy) is 2. The molecule has 0 saturated carbocycles. The Morgan fingerprint density at radius 1 is 1.13 bits per heavy atom. The molecule has 1 aliphatic heterocycles. The first kappa shape index (κ1) is 20.5. The second-order valence-corrected chi connectivity index (χ2v) is 7.58. The Bertz CT molecular complexity index is 1280. The first-order valence-corrected chi connectivity index (χ1v) is 9.93. The van der Waals surface area contributed by atoms with Gasteiger partial charge in [-0.2, -0.15) is 0 Å². The highest BCUT2D eigenvalue weighted by molar-refractivity contribution is 9.10. The third-order valence-corrected chi connectivity index (χ3v) is 5.40. The predicted molar refractivity (Wildman–Crippen MR) is 116 cm³/mol. The molecule has 4 rings (SSSR count). The van der Waals surface area contributed by atoms with E-state index in [1.54, 1.807) is 43.3 Å². The van der Waals surface area contributed by atoms with Crippen LogP contribution in [0.4, 0.5) is 5.69 Å². The number of benzene rings is 3. The lowest BCUT2D eigenvalue weighted by Gasteiger charge is -2.10. The zero-order chi connectivity index (χ0) is 22.1. The van der Waals surface area contributed by atoms with Crippen LogP contribution in [-0.2, 0) is 0 Å². The van der Waals surface area contributed by atoms with Gasteiger partial charge in [-0.15, -0.1) is 0 Å². The van der Waals surface area contributed by atoms with Crippen LogP contribution in [0.1, 0.15) is 31.8 Å². The van der Waals surface area contributed by atoms with Crippen molar-refractivity contribution >= 4 is 39.4 Å². The molecule has 154 valence electrons. The van der Waals surface area contributed by atoms with Crippen LogP contribution in [0.5, 0.6) is 11.5 Å². The largest absolute Gasteiger partial charge is 0.452 e. The van der Waals surface area contributed by atoms with Crippen LogP contribution in [0.15, 0.2) is 70.9 Å². The van der Waals surface area contributed by atoms with E-state index in [1.807, 2.05) is 0 Å². The Labute approximate surface area is 185 Å². The van der Waals surface area contributed by atoms with Crippen LogP contribution in [-0.4, -0.2) is 16.7 Å². The summed E-state index contributed by atoms with van der Waals surface area (Å²) in [5, 5.41) is 11.0. The number of allylic oxidation sites excluding steroid dienone is 1. The Hall–Kier alpha value is -3.78. The van der Waals surface area contributed by atoms with E-state index in [-0.39, 0.29) is 23.0 Å². The highest BCUT2D eigenvalue weighted by atomic mass is 79.9. The normalized spacial score (nSPS) is 13.6. The van der Waals surface area contributed by atoms with E-state index in [2.05, 4.69) is 15.9 Å². The summed E-state index contributed by atoms with van der Waals surface area (Å²) in [5.74, 6) is -0.309. The van der Waals surface area contributed by atoms with Crippen LogP contribution in [0.3, 0.4) is 0 Å². The van der Waals surface area contributed by atoms with Crippen molar-refractivity contribution in [3.05, 3.63) is 103 Å². The second-order valence-electron chi connectivity index (χ2n) is 6.73. The first-order chi connectivity index (χ1) is 14.8. The summed E-state index contributed by atoms with van der Waals surface area (Å²) < 4.78 is 11.9. The number of hydrogen-bond donors (Lipinski definition) is 0. The van der Waals surface area contributed by atoms with Gasteiger partial charge in [-0.05, 0) is 58.8 Å². The second kappa shape index (κ2) is 8.16. The van der Waals surface area contributed by atoms with Crippen LogP contribution < -0.4 is 9.47 Å². The maximum Gasteiger partial charge on any atom is 0.344 e. The smallest absolute Gasteiger partial charge is 0.344 e. The van der Waals surface area contributed by atoms with Crippen molar-refractivity contribution in [2.45, 2.75) is 6.92 Å². The van der Waals surface area contributed by atoms with E-state index in [1.165, 1.54) is 30.3 Å². The summed E-state index contributed by atoms with van der Waals surface area (Å²) >= 11 is 3.32. The van der Waals surface area contributed by atoms with E-state index >= 15 is 0 Å². The highest BCUT2D eigenvalue weighted by Gasteiger charge is 2.30. The number of carbonyl (C=O) groups is 2. The molecular weight excluding hydrogens is 466 g/mol. The van der Waals surface area contributed by atoms with Crippen LogP contribution >= 0.6 is 15.9 Å². The Balaban J connectivity index is 1.63. The summed E-state index contributed by atoms with van der Waals surface area (Å²) in [6.45, 7) is 1.69. The van der Waals surface area contributed by atoms with Crippen molar-refractivity contribution in [2.24, 2.45) is 0 Å². The molecule has 7 nitrogen and oxygen atoms in total. The highest BCUT2D eigenvalue weighted by Crippen LogP contribution is 2.39. The summed E-state index contributed by atoms with van der Waals surface area (Å²) in [7, 11) is 0. The standard InChI is InChI=1S/C23H14BrNO6/c1-13-19(31-23(27)16-7-2-3-8-18(16)24)10-9-17-21(26)20(30-22(13)17)12-14-5-4-6-15(11-14)25(28)29/h2-12H,1H3/b20-12-. The fourth-order valence-electron chi connectivity index (χ4n) is 3.14. The number of rotatable bonds is 4. The molecule has 0 bridgehead atoms. The van der Waals surface area contributed by atoms with E-state index < -0.39 is 10.9 Å². The molecule has 8 heteroatoms. The minimum Gasteiger partial charge on any atom is -0.452 e. The van der Waals surface area contributed by atoms with Crippen molar-refractivity contribution in [1.29, 1.82) is 0 Å². The lowest BCUT2D eigenvalue weighted by atomic mass is 10.1. The molecular formula is C23H14BrNO6. The molecule has 0 fully saturated rings. The molecule has 0 N–H and O–H groups in total. The van der Waals surface area contributed by atoms with Crippen LogP contribution in [0.25, 0.3) is 6.08 Å². The summed E-state index contributed by atoms with van der Waals surface area (Å²) in [5.41, 5.74) is 1.56. The van der Waals surface area contributed by atoms with Gasteiger partial charge in [0.15, 0.2) is 5.76 Å². The number of nitrogens with zero attached hydrogens (tertiary/aromatic N) is 1. The first-order valence-electron chi connectivity index (χ1n) is 9.14. The summed E-state index contributed by atoms with van der Waals surface area (Å²) in [6.07, 6.45) is 1.45. The lowest BCUT2D eigenvalue weighted by Crippen LogP contribution is -2.10. The molecule has 0 aliphatic carbocycles. The average molecular weight is 480 g/mol. The number of halogens is 1. The van der Waals surface area contributed by atoms with E-state index in [0.29, 0.717) is 32.5 Å². The number of ketones is 1. The number of nitro groups is 1. The van der Waals surface area contributed by atoms with Gasteiger partial charge in [-0.3, -0.25) is 14.9 Å². The topological polar surface area (TPSA) is 95.7 Å². The summed E-state index contributed by atoms with van der Waals surface area (Å²) in [4.78, 5) is 35.7. The van der Waals surface area contributed by atoms with Gasteiger partial charge in [0, 0.05) is 22.2 Å². The number of Topliss-reactive ketones (excluding diaryl/α,β-unsaturated/α-hetero) is 1. The van der Waals surface area contributed by atoms with Crippen molar-refractivity contribution in [3.8, 4) is 11.5 Å². The van der Waals surface area contributed by atoms with Gasteiger partial charge in [-0.25, -0.2) is 4.79 Å². The van der Waals surface area contributed by atoms with Gasteiger partial charge < -0.3 is 9.47 Å². The van der Waals surface area contributed by atoms with Gasteiger partial charge in [0.05, 0.1) is 16.1 Å². The maximum atomic E-state index is 12.7. The lowest BCUT2D eigenvalue weighted by molar-refractivity contribution is -0.384. The fourth-order valence-corrected chi connectivity index (χ4v) is 3.59. The number of hydrogen-bond acceptors (Lipinski definition) is 6. The SMILES string of the molecule is Cc1c(OC(=O)c2ccccc2Br)ccc2c1O/C(=C\c1cccc([N+](=O)[O-])c1)C2=O. The number of esters is 1. The molecule has 0 radical (unpaired) electrons. The molecule has 0 saturated heterocycles. The van der Waals surface area contributed by atoms with Crippen molar-refractivity contribution in [3.63, 3.8) is 0 Å². The molecule has 0 amide bonds. The molecule has 0 spiro atoms. The van der Waals surface area contributed by atoms with Gasteiger partial charge >= 0.3 is 5.97 Å². The Kier molecular flexibility index (Phi) is 5.39. The van der Waals surface area contributed by atoms with Crippen LogP contribution in [0, 0.1) is 17.0 Å². The molecule has 0 unspecified atom stereocenters. The summed E-state index contributed by atoms with van der Waals surface area (Å²) in [6, 6.07) is 15.8. The van der Waals surface area contributed by atoms with Gasteiger partial charge in [0.2, 0.25) is 5.78 Å². The fraction of sp³-hybridized carbons (Fsp3) is 0.0435. The molecule has 0 atom stereocenters. The molecule has 31 heavy (non-hydrogen) atoms. The van der Waals surface area contributed by atoms with E-state index in [4.69, 9.17) is 9.47 Å². The van der Waals surface area contributed by atoms with Crippen molar-refractivity contribution < 1.29 is 24.0 Å². The molecule has 3 aromatic rings. The monoisotopic (exact) mass is 479 g/mol. The predicted octanol–water partition coefficient (Wildman–Crippen LogP) is 5.50. The zero-order valence-electron chi connectivity index (χ0n) is 16.1. The van der Waals surface area contributed by atoms with Gasteiger partial charge in [-0.1, -0.05) is 24.3 Å². The molecule has 3 aromatic carbocycles. The third kappa shape index (κ3) is 3.97. The van der Waals surface area contributed by atoms with E-state index in [9.17, 15) is 19.7 Å². The number of nitro benzene ring substituents is 1. The van der Waals surface area contributed by atoms with Gasteiger partial charge in [0.1, 0.15) is 11.5 Å². The van der Waals surface area contributed by atoms with E-state index in [0.717, 1.165) is 0 Å². The number of carbonyl (C=O) groups excluding carboxylic acids is 2. The number of non-ortho nitro benzene ring substituents is 1. The quantitative estimate of drug-likeness (QED) is 0.161. The van der Waals surface area contributed by atoms with Crippen molar-refractivity contribution in [1.82, 2.24) is 0 Å². The molecule has 0 aromatic heterocycles. The number of fused-ring (bicyclic) bond motifs is 1. The molecule has 1 heterocycles.